The second-order valence-corrected chi connectivity index (χ2v) is 6.58. The standard InChI is InChI=1S/C20H21ClN2O/c1-2-3-15-11-17(21)5-6-18(15)16-12-23-19-10-14(8-9-22)4-7-20(19)24-13-16/h4-7,10-11,16,23H,2-3,8,12-13H2,1H3. The summed E-state index contributed by atoms with van der Waals surface area (Å²) in [6, 6.07) is 14.3. The van der Waals surface area contributed by atoms with Gasteiger partial charge < -0.3 is 10.1 Å². The summed E-state index contributed by atoms with van der Waals surface area (Å²) in [6.45, 7) is 3.62. The van der Waals surface area contributed by atoms with E-state index in [2.05, 4.69) is 30.4 Å². The number of anilines is 1. The Balaban J connectivity index is 1.83. The van der Waals surface area contributed by atoms with Crippen molar-refractivity contribution in [3.63, 3.8) is 0 Å². The minimum atomic E-state index is 0.274. The Morgan fingerprint density at radius 1 is 1.29 bits per heavy atom. The van der Waals surface area contributed by atoms with Gasteiger partial charge in [0.1, 0.15) is 5.75 Å². The molecule has 1 atom stereocenters. The molecule has 2 aromatic carbocycles. The van der Waals surface area contributed by atoms with Gasteiger partial charge >= 0.3 is 0 Å². The number of hydrogen-bond acceptors (Lipinski definition) is 3. The molecule has 0 amide bonds. The molecule has 3 rings (SSSR count). The first-order chi connectivity index (χ1) is 11.7. The van der Waals surface area contributed by atoms with Gasteiger partial charge in [0, 0.05) is 17.5 Å². The number of halogens is 1. The summed E-state index contributed by atoms with van der Waals surface area (Å²) in [7, 11) is 0. The second kappa shape index (κ2) is 7.59. The monoisotopic (exact) mass is 340 g/mol. The number of rotatable bonds is 4. The summed E-state index contributed by atoms with van der Waals surface area (Å²) in [5.41, 5.74) is 4.58. The normalized spacial score (nSPS) is 16.3. The topological polar surface area (TPSA) is 45.0 Å². The number of aryl methyl sites for hydroxylation is 1. The van der Waals surface area contributed by atoms with Crippen molar-refractivity contribution in [3.8, 4) is 11.8 Å². The van der Waals surface area contributed by atoms with Crippen LogP contribution in [0.2, 0.25) is 5.02 Å². The van der Waals surface area contributed by atoms with Crippen LogP contribution in [-0.4, -0.2) is 13.2 Å². The molecule has 24 heavy (non-hydrogen) atoms. The number of hydrogen-bond donors (Lipinski definition) is 1. The number of benzene rings is 2. The van der Waals surface area contributed by atoms with E-state index < -0.39 is 0 Å². The minimum Gasteiger partial charge on any atom is -0.491 e. The Morgan fingerprint density at radius 2 is 2.17 bits per heavy atom. The van der Waals surface area contributed by atoms with Crippen LogP contribution >= 0.6 is 11.6 Å². The molecule has 124 valence electrons. The van der Waals surface area contributed by atoms with Crippen molar-refractivity contribution in [2.75, 3.05) is 18.5 Å². The molecule has 2 aromatic rings. The van der Waals surface area contributed by atoms with E-state index in [9.17, 15) is 0 Å². The molecule has 0 bridgehead atoms. The third kappa shape index (κ3) is 3.66. The second-order valence-electron chi connectivity index (χ2n) is 6.15. The average molecular weight is 341 g/mol. The average Bonchev–Trinajstić information content (AvgIpc) is 2.78. The van der Waals surface area contributed by atoms with Gasteiger partial charge in [-0.1, -0.05) is 37.1 Å². The van der Waals surface area contributed by atoms with Crippen molar-refractivity contribution in [1.82, 2.24) is 0 Å². The van der Waals surface area contributed by atoms with E-state index in [-0.39, 0.29) is 5.92 Å². The van der Waals surface area contributed by atoms with E-state index in [4.69, 9.17) is 21.6 Å². The zero-order valence-electron chi connectivity index (χ0n) is 13.8. The first-order valence-electron chi connectivity index (χ1n) is 8.36. The third-order valence-electron chi connectivity index (χ3n) is 4.37. The number of nitrogens with one attached hydrogen (secondary N) is 1. The molecule has 1 unspecified atom stereocenters. The molecule has 0 fully saturated rings. The van der Waals surface area contributed by atoms with Crippen LogP contribution in [0.3, 0.4) is 0 Å². The van der Waals surface area contributed by atoms with Crippen LogP contribution in [0.25, 0.3) is 0 Å². The number of fused-ring (bicyclic) bond motifs is 1. The predicted octanol–water partition coefficient (Wildman–Crippen LogP) is 4.95. The van der Waals surface area contributed by atoms with Crippen LogP contribution < -0.4 is 10.1 Å². The summed E-state index contributed by atoms with van der Waals surface area (Å²) in [5.74, 6) is 1.13. The molecule has 0 radical (unpaired) electrons. The molecule has 0 aliphatic carbocycles. The molecule has 0 aromatic heterocycles. The van der Waals surface area contributed by atoms with Crippen molar-refractivity contribution < 1.29 is 4.74 Å². The molecule has 0 saturated heterocycles. The summed E-state index contributed by atoms with van der Waals surface area (Å²) in [4.78, 5) is 0. The Hall–Kier alpha value is -2.18. The van der Waals surface area contributed by atoms with Crippen molar-refractivity contribution in [2.45, 2.75) is 32.1 Å². The molecule has 1 N–H and O–H groups in total. The van der Waals surface area contributed by atoms with Gasteiger partial charge in [0.05, 0.1) is 24.8 Å². The maximum atomic E-state index is 8.86. The van der Waals surface area contributed by atoms with Gasteiger partial charge in [-0.15, -0.1) is 0 Å². The first-order valence-corrected chi connectivity index (χ1v) is 8.74. The SMILES string of the molecule is CCCc1cc(Cl)ccc1C1CNc2cc(CC#N)ccc2OC1. The molecule has 3 nitrogen and oxygen atoms in total. The Morgan fingerprint density at radius 3 is 2.96 bits per heavy atom. The van der Waals surface area contributed by atoms with E-state index in [1.165, 1.54) is 11.1 Å². The third-order valence-corrected chi connectivity index (χ3v) is 4.61. The van der Waals surface area contributed by atoms with E-state index >= 15 is 0 Å². The van der Waals surface area contributed by atoms with Crippen LogP contribution in [0.5, 0.6) is 5.75 Å². The van der Waals surface area contributed by atoms with Gasteiger partial charge in [-0.2, -0.15) is 5.26 Å². The van der Waals surface area contributed by atoms with Gasteiger partial charge in [0.15, 0.2) is 0 Å². The Labute approximate surface area is 148 Å². The zero-order valence-corrected chi connectivity index (χ0v) is 14.6. The Kier molecular flexibility index (Phi) is 5.27. The van der Waals surface area contributed by atoms with Gasteiger partial charge in [0.2, 0.25) is 0 Å². The van der Waals surface area contributed by atoms with Crippen molar-refractivity contribution in [1.29, 1.82) is 5.26 Å². The molecule has 4 heteroatoms. The highest BCUT2D eigenvalue weighted by Gasteiger charge is 2.21. The van der Waals surface area contributed by atoms with E-state index in [1.54, 1.807) is 0 Å². The van der Waals surface area contributed by atoms with Crippen molar-refractivity contribution >= 4 is 17.3 Å². The van der Waals surface area contributed by atoms with Gasteiger partial charge in [-0.25, -0.2) is 0 Å². The lowest BCUT2D eigenvalue weighted by Crippen LogP contribution is -2.17. The lowest BCUT2D eigenvalue weighted by Gasteiger charge is -2.18. The maximum absolute atomic E-state index is 8.86. The fourth-order valence-electron chi connectivity index (χ4n) is 3.18. The molecule has 0 spiro atoms. The Bertz CT molecular complexity index is 767. The molecule has 0 saturated carbocycles. The van der Waals surface area contributed by atoms with Crippen molar-refractivity contribution in [3.05, 3.63) is 58.1 Å². The summed E-state index contributed by atoms with van der Waals surface area (Å²) < 4.78 is 6.03. The summed E-state index contributed by atoms with van der Waals surface area (Å²) in [6.07, 6.45) is 2.52. The highest BCUT2D eigenvalue weighted by molar-refractivity contribution is 6.30. The summed E-state index contributed by atoms with van der Waals surface area (Å²) >= 11 is 6.17. The van der Waals surface area contributed by atoms with Gasteiger partial charge in [-0.05, 0) is 47.4 Å². The first kappa shape index (κ1) is 16.7. The molecule has 1 heterocycles. The number of nitriles is 1. The number of ether oxygens (including phenoxy) is 1. The van der Waals surface area contributed by atoms with Gasteiger partial charge in [0.25, 0.3) is 0 Å². The van der Waals surface area contributed by atoms with Crippen LogP contribution in [0.4, 0.5) is 5.69 Å². The smallest absolute Gasteiger partial charge is 0.142 e. The highest BCUT2D eigenvalue weighted by Crippen LogP contribution is 2.33. The largest absolute Gasteiger partial charge is 0.491 e. The predicted molar refractivity (Wildman–Crippen MR) is 97.9 cm³/mol. The molecular formula is C20H21ClN2O. The summed E-state index contributed by atoms with van der Waals surface area (Å²) in [5, 5.41) is 13.1. The molecular weight excluding hydrogens is 320 g/mol. The minimum absolute atomic E-state index is 0.274. The van der Waals surface area contributed by atoms with Crippen LogP contribution in [0.1, 0.15) is 36.0 Å². The van der Waals surface area contributed by atoms with E-state index in [0.717, 1.165) is 41.4 Å². The van der Waals surface area contributed by atoms with Gasteiger partial charge in [-0.3, -0.25) is 0 Å². The van der Waals surface area contributed by atoms with Crippen LogP contribution in [0, 0.1) is 11.3 Å². The quantitative estimate of drug-likeness (QED) is 0.856. The van der Waals surface area contributed by atoms with Crippen LogP contribution in [-0.2, 0) is 12.8 Å². The molecule has 1 aliphatic rings. The lowest BCUT2D eigenvalue weighted by molar-refractivity contribution is 0.300. The fraction of sp³-hybridized carbons (Fsp3) is 0.350. The molecule has 1 aliphatic heterocycles. The maximum Gasteiger partial charge on any atom is 0.142 e. The van der Waals surface area contributed by atoms with E-state index in [0.29, 0.717) is 13.0 Å². The lowest BCUT2D eigenvalue weighted by atomic mass is 9.92. The van der Waals surface area contributed by atoms with E-state index in [1.807, 2.05) is 24.3 Å². The van der Waals surface area contributed by atoms with Crippen LogP contribution in [0.15, 0.2) is 36.4 Å². The highest BCUT2D eigenvalue weighted by atomic mass is 35.5. The zero-order chi connectivity index (χ0) is 16.9. The fourth-order valence-corrected chi connectivity index (χ4v) is 3.38. The van der Waals surface area contributed by atoms with Crippen molar-refractivity contribution in [2.24, 2.45) is 0 Å². The number of nitrogens with zero attached hydrogens (tertiary/aromatic N) is 1.